The molecule has 0 bridgehead atoms. The molecule has 6 nitrogen and oxygen atoms in total. The fourth-order valence-electron chi connectivity index (χ4n) is 1.43. The average Bonchev–Trinajstić information content (AvgIpc) is 2.24. The first-order valence-corrected chi connectivity index (χ1v) is 7.03. The largest absolute Gasteiger partial charge is 0.507 e. The van der Waals surface area contributed by atoms with Crippen LogP contribution < -0.4 is 10.5 Å². The van der Waals surface area contributed by atoms with Gasteiger partial charge in [-0.2, -0.15) is 0 Å². The molecule has 0 aliphatic rings. The zero-order valence-corrected chi connectivity index (χ0v) is 12.3. The molecule has 0 amide bonds. The van der Waals surface area contributed by atoms with E-state index in [-0.39, 0.29) is 29.9 Å². The number of sulfonamides is 1. The first-order valence-electron chi connectivity index (χ1n) is 5.49. The Bertz CT molecular complexity index is 519. The number of phenolic OH excluding ortho intramolecular Hbond substituents is 1. The van der Waals surface area contributed by atoms with Gasteiger partial charge in [-0.05, 0) is 17.7 Å². The molecule has 0 radical (unpaired) electrons. The summed E-state index contributed by atoms with van der Waals surface area (Å²) < 4.78 is 22.4. The minimum absolute atomic E-state index is 0. The Kier molecular flexibility index (Phi) is 6.74. The third-order valence-corrected chi connectivity index (χ3v) is 3.33. The van der Waals surface area contributed by atoms with Gasteiger partial charge in [0.05, 0.1) is 6.10 Å². The maximum atomic E-state index is 11.2. The molecule has 0 spiro atoms. The molecule has 0 aliphatic heterocycles. The molecule has 0 fully saturated rings. The molecule has 0 aliphatic carbocycles. The van der Waals surface area contributed by atoms with Crippen molar-refractivity contribution in [2.45, 2.75) is 30.9 Å². The molecule has 1 aromatic rings. The van der Waals surface area contributed by atoms with Crippen molar-refractivity contribution in [2.24, 2.45) is 5.14 Å². The molecular weight excluding hydrogens is 292 g/mol. The van der Waals surface area contributed by atoms with Crippen LogP contribution in [0.1, 0.15) is 25.5 Å². The lowest BCUT2D eigenvalue weighted by Crippen LogP contribution is -2.28. The van der Waals surface area contributed by atoms with Crippen LogP contribution in [0.15, 0.2) is 23.1 Å². The summed E-state index contributed by atoms with van der Waals surface area (Å²) in [5.41, 5.74) is 0.380. The van der Waals surface area contributed by atoms with Crippen molar-refractivity contribution < 1.29 is 18.6 Å². The van der Waals surface area contributed by atoms with Gasteiger partial charge < -0.3 is 15.5 Å². The van der Waals surface area contributed by atoms with Crippen LogP contribution in [-0.4, -0.2) is 31.2 Å². The van der Waals surface area contributed by atoms with Gasteiger partial charge in [0.2, 0.25) is 10.0 Å². The van der Waals surface area contributed by atoms with Crippen LogP contribution in [0.4, 0.5) is 0 Å². The van der Waals surface area contributed by atoms with E-state index in [0.29, 0.717) is 5.56 Å². The van der Waals surface area contributed by atoms with Gasteiger partial charge in [0.15, 0.2) is 0 Å². The normalized spacial score (nSPS) is 13.1. The number of nitrogens with two attached hydrogens (primary N) is 1. The van der Waals surface area contributed by atoms with Crippen LogP contribution in [-0.2, 0) is 10.0 Å². The number of aromatic hydroxyl groups is 1. The molecule has 0 heterocycles. The Hall–Kier alpha value is -0.860. The second kappa shape index (κ2) is 7.06. The highest BCUT2D eigenvalue weighted by Crippen LogP contribution is 2.25. The van der Waals surface area contributed by atoms with Crippen molar-refractivity contribution in [1.29, 1.82) is 0 Å². The van der Waals surface area contributed by atoms with E-state index in [1.807, 2.05) is 13.8 Å². The van der Waals surface area contributed by atoms with Crippen molar-refractivity contribution in [2.75, 3.05) is 6.54 Å². The maximum absolute atomic E-state index is 11.2. The highest BCUT2D eigenvalue weighted by molar-refractivity contribution is 7.89. The molecule has 1 unspecified atom stereocenters. The molecule has 8 heteroatoms. The van der Waals surface area contributed by atoms with E-state index < -0.39 is 21.9 Å². The van der Waals surface area contributed by atoms with Gasteiger partial charge in [0.1, 0.15) is 10.6 Å². The number of nitrogens with one attached hydrogen (secondary N) is 1. The number of hydrogen-bond donors (Lipinski definition) is 4. The van der Waals surface area contributed by atoms with Gasteiger partial charge in [-0.25, -0.2) is 13.6 Å². The molecule has 19 heavy (non-hydrogen) atoms. The summed E-state index contributed by atoms with van der Waals surface area (Å²) in [7, 11) is -4.00. The summed E-state index contributed by atoms with van der Waals surface area (Å²) in [6, 6.07) is 4.04. The van der Waals surface area contributed by atoms with Gasteiger partial charge in [-0.3, -0.25) is 0 Å². The average molecular weight is 311 g/mol. The lowest BCUT2D eigenvalue weighted by molar-refractivity contribution is 0.171. The van der Waals surface area contributed by atoms with Crippen LogP contribution in [0.25, 0.3) is 0 Å². The molecule has 0 saturated carbocycles. The van der Waals surface area contributed by atoms with E-state index >= 15 is 0 Å². The van der Waals surface area contributed by atoms with E-state index in [1.54, 1.807) is 0 Å². The molecule has 1 aromatic carbocycles. The Morgan fingerprint density at radius 2 is 1.95 bits per heavy atom. The number of aliphatic hydroxyl groups is 1. The third-order valence-electron chi connectivity index (χ3n) is 2.39. The minimum atomic E-state index is -4.00. The number of halogens is 1. The van der Waals surface area contributed by atoms with E-state index in [4.69, 9.17) is 5.14 Å². The van der Waals surface area contributed by atoms with Gasteiger partial charge in [0, 0.05) is 12.6 Å². The number of aliphatic hydroxyl groups excluding tert-OH is 1. The number of rotatable bonds is 5. The second-order valence-electron chi connectivity index (χ2n) is 4.35. The van der Waals surface area contributed by atoms with Gasteiger partial charge in [0.25, 0.3) is 0 Å². The Morgan fingerprint density at radius 3 is 2.42 bits per heavy atom. The smallest absolute Gasteiger partial charge is 0.241 e. The summed E-state index contributed by atoms with van der Waals surface area (Å²) in [6.07, 6.45) is -0.867. The van der Waals surface area contributed by atoms with E-state index in [0.717, 1.165) is 0 Å². The van der Waals surface area contributed by atoms with E-state index in [1.165, 1.54) is 18.2 Å². The first-order chi connectivity index (χ1) is 8.21. The summed E-state index contributed by atoms with van der Waals surface area (Å²) in [5, 5.41) is 27.3. The molecule has 0 saturated heterocycles. The second-order valence-corrected chi connectivity index (χ2v) is 5.88. The van der Waals surface area contributed by atoms with Crippen molar-refractivity contribution in [3.63, 3.8) is 0 Å². The highest BCUT2D eigenvalue weighted by atomic mass is 35.5. The molecular formula is C11H19ClN2O4S. The minimum Gasteiger partial charge on any atom is -0.507 e. The Balaban J connectivity index is 0.00000324. The standard InChI is InChI=1S/C11H18N2O4S.ClH/c1-7(2)13-6-10(15)8-3-4-9(14)11(5-8)18(12,16)17;/h3-5,7,10,13-15H,6H2,1-2H3,(H2,12,16,17);1H. The summed E-state index contributed by atoms with van der Waals surface area (Å²) in [5.74, 6) is -0.426. The quantitative estimate of drug-likeness (QED) is 0.632. The lowest BCUT2D eigenvalue weighted by atomic mass is 10.1. The first kappa shape index (κ1) is 18.1. The maximum Gasteiger partial charge on any atom is 0.241 e. The van der Waals surface area contributed by atoms with Crippen LogP contribution in [0.5, 0.6) is 5.75 Å². The van der Waals surface area contributed by atoms with Crippen LogP contribution in [0.3, 0.4) is 0 Å². The summed E-state index contributed by atoms with van der Waals surface area (Å²) in [4.78, 5) is -0.386. The third kappa shape index (κ3) is 5.33. The van der Waals surface area contributed by atoms with Crippen LogP contribution in [0.2, 0.25) is 0 Å². The molecule has 5 N–H and O–H groups in total. The highest BCUT2D eigenvalue weighted by Gasteiger charge is 2.17. The predicted octanol–water partition coefficient (Wildman–Crippen LogP) is 0.493. The molecule has 110 valence electrons. The molecule has 1 atom stereocenters. The Labute approximate surface area is 119 Å². The van der Waals surface area contributed by atoms with Gasteiger partial charge >= 0.3 is 0 Å². The van der Waals surface area contributed by atoms with E-state index in [9.17, 15) is 18.6 Å². The lowest BCUT2D eigenvalue weighted by Gasteiger charge is -2.15. The topological polar surface area (TPSA) is 113 Å². The van der Waals surface area contributed by atoms with Crippen LogP contribution >= 0.6 is 12.4 Å². The SMILES string of the molecule is CC(C)NCC(O)c1ccc(O)c(S(N)(=O)=O)c1.Cl. The molecule has 1 rings (SSSR count). The number of phenols is 1. The van der Waals surface area contributed by atoms with Gasteiger partial charge in [-0.1, -0.05) is 19.9 Å². The van der Waals surface area contributed by atoms with E-state index in [2.05, 4.69) is 5.32 Å². The summed E-state index contributed by atoms with van der Waals surface area (Å²) in [6.45, 7) is 4.14. The fourth-order valence-corrected chi connectivity index (χ4v) is 2.09. The monoisotopic (exact) mass is 310 g/mol. The fraction of sp³-hybridized carbons (Fsp3) is 0.455. The van der Waals surface area contributed by atoms with Crippen molar-refractivity contribution in [3.05, 3.63) is 23.8 Å². The number of benzene rings is 1. The Morgan fingerprint density at radius 1 is 1.37 bits per heavy atom. The molecule has 0 aromatic heterocycles. The number of primary sulfonamides is 1. The van der Waals surface area contributed by atoms with Crippen LogP contribution in [0, 0.1) is 0 Å². The summed E-state index contributed by atoms with van der Waals surface area (Å²) >= 11 is 0. The van der Waals surface area contributed by atoms with Crippen molar-refractivity contribution >= 4 is 22.4 Å². The van der Waals surface area contributed by atoms with Crippen molar-refractivity contribution in [1.82, 2.24) is 5.32 Å². The zero-order valence-electron chi connectivity index (χ0n) is 10.7. The van der Waals surface area contributed by atoms with Crippen molar-refractivity contribution in [3.8, 4) is 5.75 Å². The predicted molar refractivity (Wildman–Crippen MR) is 74.8 cm³/mol. The number of hydrogen-bond acceptors (Lipinski definition) is 5. The van der Waals surface area contributed by atoms with Gasteiger partial charge in [-0.15, -0.1) is 12.4 Å². The zero-order chi connectivity index (χ0) is 13.9.